The van der Waals surface area contributed by atoms with Gasteiger partial charge in [-0.25, -0.2) is 4.79 Å². The summed E-state index contributed by atoms with van der Waals surface area (Å²) >= 11 is 0. The molecule has 1 amide bonds. The Kier molecular flexibility index (Phi) is 5.93. The summed E-state index contributed by atoms with van der Waals surface area (Å²) in [5.74, 6) is 0.372. The molecule has 0 aromatic heterocycles. The van der Waals surface area contributed by atoms with Crippen molar-refractivity contribution in [1.29, 1.82) is 0 Å². The number of hydrogen-bond acceptors (Lipinski definition) is 5. The van der Waals surface area contributed by atoms with Crippen molar-refractivity contribution in [3.05, 3.63) is 35.4 Å². The number of benzene rings is 1. The molecular weight excluding hydrogens is 366 g/mol. The molecule has 3 fully saturated rings. The highest BCUT2D eigenvalue weighted by Crippen LogP contribution is 2.60. The predicted molar refractivity (Wildman–Crippen MR) is 112 cm³/mol. The Morgan fingerprint density at radius 2 is 1.76 bits per heavy atom. The van der Waals surface area contributed by atoms with Crippen LogP contribution in [-0.4, -0.2) is 80.0 Å². The van der Waals surface area contributed by atoms with Gasteiger partial charge in [0.2, 0.25) is 5.91 Å². The minimum Gasteiger partial charge on any atom is -0.465 e. The lowest BCUT2D eigenvalue weighted by Crippen LogP contribution is -2.39. The van der Waals surface area contributed by atoms with Crippen LogP contribution in [0.1, 0.15) is 41.6 Å². The minimum atomic E-state index is -0.294. The van der Waals surface area contributed by atoms with Gasteiger partial charge in [0, 0.05) is 32.1 Å². The zero-order chi connectivity index (χ0) is 20.4. The molecule has 2 aliphatic heterocycles. The second-order valence-electron chi connectivity index (χ2n) is 9.07. The zero-order valence-electron chi connectivity index (χ0n) is 17.7. The van der Waals surface area contributed by atoms with E-state index >= 15 is 0 Å². The van der Waals surface area contributed by atoms with Crippen LogP contribution in [0, 0.1) is 11.3 Å². The van der Waals surface area contributed by atoms with E-state index in [9.17, 15) is 9.59 Å². The van der Waals surface area contributed by atoms with E-state index in [1.165, 1.54) is 12.7 Å². The molecule has 3 aliphatic rings. The van der Waals surface area contributed by atoms with Crippen molar-refractivity contribution in [3.8, 4) is 0 Å². The van der Waals surface area contributed by atoms with Crippen LogP contribution >= 0.6 is 0 Å². The van der Waals surface area contributed by atoms with Crippen LogP contribution in [-0.2, 0) is 16.1 Å². The number of carbonyl (C=O) groups excluding carboxylic acids is 2. The first-order chi connectivity index (χ1) is 14.0. The third-order valence-corrected chi connectivity index (χ3v) is 7.15. The molecule has 1 atom stereocenters. The number of nitrogens with zero attached hydrogens (tertiary/aromatic N) is 3. The highest BCUT2D eigenvalue weighted by Gasteiger charge is 2.59. The second kappa shape index (κ2) is 8.44. The topological polar surface area (TPSA) is 53.1 Å². The Morgan fingerprint density at radius 1 is 1.03 bits per heavy atom. The number of methoxy groups -OCH3 is 1. The maximum absolute atomic E-state index is 13.0. The molecule has 4 rings (SSSR count). The Balaban J connectivity index is 1.26. The average Bonchev–Trinajstić information content (AvgIpc) is 3.49. The largest absolute Gasteiger partial charge is 0.465 e. The van der Waals surface area contributed by atoms with Crippen molar-refractivity contribution >= 4 is 11.9 Å². The van der Waals surface area contributed by atoms with Crippen molar-refractivity contribution in [2.24, 2.45) is 11.3 Å². The molecule has 1 aliphatic carbocycles. The summed E-state index contributed by atoms with van der Waals surface area (Å²) < 4.78 is 4.76. The Bertz CT molecular complexity index is 740. The van der Waals surface area contributed by atoms with Gasteiger partial charge in [0.05, 0.1) is 12.7 Å². The molecule has 158 valence electrons. The second-order valence-corrected chi connectivity index (χ2v) is 9.07. The van der Waals surface area contributed by atoms with Gasteiger partial charge >= 0.3 is 5.97 Å². The van der Waals surface area contributed by atoms with Crippen LogP contribution < -0.4 is 0 Å². The minimum absolute atomic E-state index is 0.257. The number of carbonyl (C=O) groups is 2. The van der Waals surface area contributed by atoms with E-state index in [1.807, 2.05) is 24.3 Å². The van der Waals surface area contributed by atoms with Crippen LogP contribution in [0.2, 0.25) is 0 Å². The molecule has 1 aromatic carbocycles. The first-order valence-electron chi connectivity index (χ1n) is 10.9. The molecule has 1 spiro atoms. The lowest BCUT2D eigenvalue weighted by molar-refractivity contribution is -0.133. The Labute approximate surface area is 173 Å². The van der Waals surface area contributed by atoms with Crippen LogP contribution in [0.5, 0.6) is 0 Å². The summed E-state index contributed by atoms with van der Waals surface area (Å²) in [5, 5.41) is 0. The van der Waals surface area contributed by atoms with Crippen LogP contribution in [0.25, 0.3) is 0 Å². The lowest BCUT2D eigenvalue weighted by Gasteiger charge is -2.33. The summed E-state index contributed by atoms with van der Waals surface area (Å²) in [6.07, 6.45) is 4.42. The molecule has 1 aromatic rings. The van der Waals surface area contributed by atoms with Crippen molar-refractivity contribution in [3.63, 3.8) is 0 Å². The van der Waals surface area contributed by atoms with E-state index in [4.69, 9.17) is 4.74 Å². The van der Waals surface area contributed by atoms with Crippen molar-refractivity contribution < 1.29 is 14.3 Å². The van der Waals surface area contributed by atoms with Crippen LogP contribution in [0.4, 0.5) is 0 Å². The summed E-state index contributed by atoms with van der Waals surface area (Å²) in [5.41, 5.74) is 2.07. The molecule has 1 saturated carbocycles. The van der Waals surface area contributed by atoms with Gasteiger partial charge in [0.1, 0.15) is 0 Å². The molecule has 2 saturated heterocycles. The number of ether oxygens (including phenoxy) is 1. The van der Waals surface area contributed by atoms with Gasteiger partial charge < -0.3 is 14.5 Å². The number of hydrogen-bond donors (Lipinski definition) is 0. The van der Waals surface area contributed by atoms with E-state index < -0.39 is 0 Å². The Morgan fingerprint density at radius 3 is 2.45 bits per heavy atom. The number of likely N-dealkylation sites (tertiary alicyclic amines) is 1. The molecule has 2 heterocycles. The Hall–Kier alpha value is -1.92. The van der Waals surface area contributed by atoms with E-state index in [0.717, 1.165) is 71.5 Å². The summed E-state index contributed by atoms with van der Waals surface area (Å²) in [7, 11) is 3.55. The van der Waals surface area contributed by atoms with Crippen molar-refractivity contribution in [2.45, 2.75) is 32.2 Å². The van der Waals surface area contributed by atoms with Crippen molar-refractivity contribution in [1.82, 2.24) is 14.7 Å². The molecule has 0 radical (unpaired) electrons. The molecule has 6 heteroatoms. The van der Waals surface area contributed by atoms with Crippen LogP contribution in [0.15, 0.2) is 24.3 Å². The molecule has 0 bridgehead atoms. The highest BCUT2D eigenvalue weighted by atomic mass is 16.5. The number of esters is 1. The number of amides is 1. The third kappa shape index (κ3) is 4.48. The monoisotopic (exact) mass is 399 g/mol. The number of likely N-dealkylation sites (N-methyl/N-ethyl adjacent to an activating group) is 1. The fourth-order valence-electron chi connectivity index (χ4n) is 5.02. The standard InChI is InChI=1S/C23H33N3O3/c1-24-10-3-11-26(15-14-24)21(27)20-16-23(20)8-12-25(13-9-23)17-18-4-6-19(7-5-18)22(28)29-2/h4-7,20H,3,8-17H2,1-2H3. The predicted octanol–water partition coefficient (Wildman–Crippen LogP) is 2.24. The molecular formula is C23H33N3O3. The maximum Gasteiger partial charge on any atom is 0.337 e. The quantitative estimate of drug-likeness (QED) is 0.727. The van der Waals surface area contributed by atoms with Gasteiger partial charge in [0.25, 0.3) is 0 Å². The van der Waals surface area contributed by atoms with E-state index in [2.05, 4.69) is 21.7 Å². The summed E-state index contributed by atoms with van der Waals surface area (Å²) in [6.45, 7) is 6.88. The van der Waals surface area contributed by atoms with Crippen molar-refractivity contribution in [2.75, 3.05) is 53.4 Å². The summed E-state index contributed by atoms with van der Waals surface area (Å²) in [4.78, 5) is 31.5. The lowest BCUT2D eigenvalue weighted by atomic mass is 9.90. The van der Waals surface area contributed by atoms with Gasteiger partial charge in [-0.1, -0.05) is 12.1 Å². The molecule has 1 unspecified atom stereocenters. The number of rotatable bonds is 4. The van der Waals surface area contributed by atoms with Gasteiger partial charge in [-0.2, -0.15) is 0 Å². The number of piperidine rings is 1. The normalized spacial score (nSPS) is 24.9. The van der Waals surface area contributed by atoms with Gasteiger partial charge in [-0.3, -0.25) is 9.69 Å². The highest BCUT2D eigenvalue weighted by molar-refractivity contribution is 5.89. The molecule has 6 nitrogen and oxygen atoms in total. The zero-order valence-corrected chi connectivity index (χ0v) is 17.7. The fraction of sp³-hybridized carbons (Fsp3) is 0.652. The maximum atomic E-state index is 13.0. The van der Waals surface area contributed by atoms with E-state index in [0.29, 0.717) is 11.5 Å². The molecule has 0 N–H and O–H groups in total. The fourth-order valence-corrected chi connectivity index (χ4v) is 5.02. The van der Waals surface area contributed by atoms with E-state index in [1.54, 1.807) is 0 Å². The molecule has 29 heavy (non-hydrogen) atoms. The third-order valence-electron chi connectivity index (χ3n) is 7.15. The van der Waals surface area contributed by atoms with Gasteiger partial charge in [0.15, 0.2) is 0 Å². The van der Waals surface area contributed by atoms with Gasteiger partial charge in [-0.15, -0.1) is 0 Å². The summed E-state index contributed by atoms with van der Waals surface area (Å²) in [6, 6.07) is 7.69. The first kappa shape index (κ1) is 20.4. The SMILES string of the molecule is COC(=O)c1ccc(CN2CCC3(CC2)CC3C(=O)N2CCCN(C)CC2)cc1. The van der Waals surface area contributed by atoms with E-state index in [-0.39, 0.29) is 17.3 Å². The van der Waals surface area contributed by atoms with Crippen LogP contribution in [0.3, 0.4) is 0 Å². The average molecular weight is 400 g/mol. The van der Waals surface area contributed by atoms with Gasteiger partial charge in [-0.05, 0) is 75.5 Å². The smallest absolute Gasteiger partial charge is 0.337 e. The first-order valence-corrected chi connectivity index (χ1v) is 10.9.